The third kappa shape index (κ3) is 5.56. The number of carbonyl (C=O) groups is 1. The predicted octanol–water partition coefficient (Wildman–Crippen LogP) is 6.12. The monoisotopic (exact) mass is 706 g/mol. The smallest absolute Gasteiger partial charge is 0.335 e. The number of carboxylic acids is 1. The van der Waals surface area contributed by atoms with E-state index in [1.807, 2.05) is 35.9 Å². The summed E-state index contributed by atoms with van der Waals surface area (Å²) in [4.78, 5) is 25.9. The highest BCUT2D eigenvalue weighted by Gasteiger charge is 2.46. The zero-order valence-corrected chi connectivity index (χ0v) is 28.3. The molecule has 3 aromatic carbocycles. The first kappa shape index (κ1) is 31.9. The number of benzene rings is 3. The van der Waals surface area contributed by atoms with E-state index in [0.717, 1.165) is 17.3 Å². The molecule has 2 saturated heterocycles. The van der Waals surface area contributed by atoms with Gasteiger partial charge in [-0.25, -0.2) is 19.2 Å². The van der Waals surface area contributed by atoms with Crippen molar-refractivity contribution < 1.29 is 28.5 Å². The minimum Gasteiger partial charge on any atom is -0.478 e. The average Bonchev–Trinajstić information content (AvgIpc) is 3.85. The summed E-state index contributed by atoms with van der Waals surface area (Å²) in [5.74, 6) is -0.158. The van der Waals surface area contributed by atoms with Crippen molar-refractivity contribution >= 4 is 45.9 Å². The minimum atomic E-state index is -1.36. The molecule has 0 spiro atoms. The summed E-state index contributed by atoms with van der Waals surface area (Å²) < 4.78 is 37.9. The van der Waals surface area contributed by atoms with Gasteiger partial charge in [-0.3, -0.25) is 4.90 Å². The zero-order chi connectivity index (χ0) is 34.0. The van der Waals surface area contributed by atoms with Crippen LogP contribution in [0.3, 0.4) is 0 Å². The van der Waals surface area contributed by atoms with E-state index in [2.05, 4.69) is 19.4 Å². The number of hydrogen-bond acceptors (Lipinski definition) is 8. The Balaban J connectivity index is 1.08. The molecule has 3 aliphatic rings. The molecule has 0 radical (unpaired) electrons. The number of anilines is 1. The summed E-state index contributed by atoms with van der Waals surface area (Å²) in [7, 11) is 0. The Morgan fingerprint density at radius 1 is 1.08 bits per heavy atom. The van der Waals surface area contributed by atoms with Crippen LogP contribution in [0.15, 0.2) is 60.9 Å². The second kappa shape index (κ2) is 12.2. The number of fused-ring (bicyclic) bond motifs is 3. The van der Waals surface area contributed by atoms with E-state index in [1.54, 1.807) is 31.3 Å². The molecule has 0 saturated carbocycles. The largest absolute Gasteiger partial charge is 0.478 e. The Morgan fingerprint density at radius 2 is 1.92 bits per heavy atom. The molecule has 5 heterocycles. The second-order valence-electron chi connectivity index (χ2n) is 12.7. The quantitative estimate of drug-likeness (QED) is 0.204. The number of aromatic carboxylic acids is 1. The first-order chi connectivity index (χ1) is 23.6. The van der Waals surface area contributed by atoms with Crippen LogP contribution in [0.1, 0.15) is 34.5 Å². The number of hydrogen-bond donors (Lipinski definition) is 1. The molecule has 254 valence electrons. The molecule has 49 heavy (non-hydrogen) atoms. The van der Waals surface area contributed by atoms with E-state index < -0.39 is 17.6 Å². The fraction of sp³-hybridized carbons (Fsp3) is 0.343. The third-order valence-electron chi connectivity index (χ3n) is 9.77. The molecule has 1 N–H and O–H groups in total. The maximum Gasteiger partial charge on any atom is 0.335 e. The Kier molecular flexibility index (Phi) is 7.94. The fourth-order valence-electron chi connectivity index (χ4n) is 7.30. The number of ether oxygens (including phenoxy) is 3. The number of aromatic nitrogens is 4. The van der Waals surface area contributed by atoms with Crippen molar-refractivity contribution in [3.63, 3.8) is 0 Å². The van der Waals surface area contributed by atoms with Crippen LogP contribution in [0.2, 0.25) is 10.0 Å². The molecule has 2 aromatic heterocycles. The number of imidazole rings is 2. The summed E-state index contributed by atoms with van der Waals surface area (Å²) in [5.41, 5.74) is 2.46. The van der Waals surface area contributed by atoms with Gasteiger partial charge in [0.25, 0.3) is 5.79 Å². The average molecular weight is 708 g/mol. The lowest BCUT2D eigenvalue weighted by atomic mass is 10.0. The zero-order valence-electron chi connectivity index (χ0n) is 26.8. The number of para-hydroxylation sites is 1. The van der Waals surface area contributed by atoms with Crippen LogP contribution < -0.4 is 14.4 Å². The highest BCUT2D eigenvalue weighted by atomic mass is 35.5. The molecule has 5 aromatic rings. The van der Waals surface area contributed by atoms with Crippen molar-refractivity contribution in [3.05, 3.63) is 99.6 Å². The Morgan fingerprint density at radius 3 is 2.69 bits per heavy atom. The predicted molar refractivity (Wildman–Crippen MR) is 181 cm³/mol. The SMILES string of the molecule is Cc1nccn1CCn1c(CN2CCN(c3cccc4c3O[C@@](C)(c3ccc(Cl)cc3F)O4)[C@H]3COC[C@H]32)nc2c(Cl)cc(C(=O)O)cc21. The lowest BCUT2D eigenvalue weighted by molar-refractivity contribution is -0.0705. The third-order valence-corrected chi connectivity index (χ3v) is 10.3. The highest BCUT2D eigenvalue weighted by Crippen LogP contribution is 2.51. The van der Waals surface area contributed by atoms with Crippen molar-refractivity contribution in [3.8, 4) is 11.5 Å². The van der Waals surface area contributed by atoms with Gasteiger partial charge in [0.2, 0.25) is 0 Å². The normalized spacial score (nSPS) is 21.9. The van der Waals surface area contributed by atoms with Crippen molar-refractivity contribution in [2.45, 2.75) is 51.4 Å². The van der Waals surface area contributed by atoms with E-state index in [0.29, 0.717) is 78.5 Å². The lowest BCUT2D eigenvalue weighted by Gasteiger charge is -2.44. The van der Waals surface area contributed by atoms with Gasteiger partial charge in [0.15, 0.2) is 11.5 Å². The van der Waals surface area contributed by atoms with Crippen LogP contribution in [0.5, 0.6) is 11.5 Å². The molecule has 3 aliphatic heterocycles. The van der Waals surface area contributed by atoms with Crippen LogP contribution in [0.4, 0.5) is 10.1 Å². The van der Waals surface area contributed by atoms with Crippen LogP contribution in [0, 0.1) is 12.7 Å². The Hall–Kier alpha value is -4.36. The lowest BCUT2D eigenvalue weighted by Crippen LogP contribution is -2.59. The van der Waals surface area contributed by atoms with Gasteiger partial charge >= 0.3 is 5.97 Å². The molecule has 0 amide bonds. The van der Waals surface area contributed by atoms with E-state index in [9.17, 15) is 9.90 Å². The van der Waals surface area contributed by atoms with Crippen LogP contribution in [-0.2, 0) is 30.2 Å². The number of halogens is 3. The maximum atomic E-state index is 15.0. The van der Waals surface area contributed by atoms with Gasteiger partial charge < -0.3 is 33.4 Å². The molecule has 3 atom stereocenters. The Labute approximate surface area is 291 Å². The first-order valence-electron chi connectivity index (χ1n) is 16.0. The fourth-order valence-corrected chi connectivity index (χ4v) is 7.72. The van der Waals surface area contributed by atoms with Crippen molar-refractivity contribution in [2.24, 2.45) is 0 Å². The van der Waals surface area contributed by atoms with E-state index in [4.69, 9.17) is 42.4 Å². The van der Waals surface area contributed by atoms with E-state index in [1.165, 1.54) is 12.1 Å². The van der Waals surface area contributed by atoms with Crippen molar-refractivity contribution in [2.75, 3.05) is 31.2 Å². The highest BCUT2D eigenvalue weighted by molar-refractivity contribution is 6.35. The summed E-state index contributed by atoms with van der Waals surface area (Å²) >= 11 is 12.6. The summed E-state index contributed by atoms with van der Waals surface area (Å²) in [6.45, 7) is 7.73. The van der Waals surface area contributed by atoms with Crippen molar-refractivity contribution in [1.29, 1.82) is 0 Å². The molecular formula is C35H33Cl2FN6O5. The van der Waals surface area contributed by atoms with Crippen LogP contribution in [-0.4, -0.2) is 73.5 Å². The topological polar surface area (TPSA) is 107 Å². The molecule has 14 heteroatoms. The number of piperazine rings is 1. The van der Waals surface area contributed by atoms with Crippen molar-refractivity contribution in [1.82, 2.24) is 24.0 Å². The Bertz CT molecular complexity index is 2100. The molecule has 0 bridgehead atoms. The number of aryl methyl sites for hydroxylation is 3. The molecule has 8 rings (SSSR count). The summed E-state index contributed by atoms with van der Waals surface area (Å²) in [6.07, 6.45) is 3.68. The molecule has 11 nitrogen and oxygen atoms in total. The molecule has 0 aliphatic carbocycles. The van der Waals surface area contributed by atoms with E-state index >= 15 is 4.39 Å². The summed E-state index contributed by atoms with van der Waals surface area (Å²) in [6, 6.07) is 13.3. The van der Waals surface area contributed by atoms with Gasteiger partial charge in [0, 0.05) is 50.5 Å². The maximum absolute atomic E-state index is 15.0. The first-order valence-corrected chi connectivity index (χ1v) is 16.8. The van der Waals surface area contributed by atoms with Gasteiger partial charge in [-0.05, 0) is 49.4 Å². The van der Waals surface area contributed by atoms with Gasteiger partial charge in [0.05, 0.1) is 59.2 Å². The molecule has 0 unspecified atom stereocenters. The van der Waals surface area contributed by atoms with E-state index in [-0.39, 0.29) is 23.2 Å². The standard InChI is InChI=1S/C35H33Cl2FN6O5/c1-20-39-8-9-41(20)10-13-44-27-15-21(34(45)46)14-24(37)32(27)40-31(44)17-42-11-12-43(29-19-47-18-28(29)42)26-4-3-5-30-33(26)49-35(2,48-30)23-7-6-22(36)16-25(23)38/h3-9,14-16,28-29H,10-13,17-19H2,1-2H3,(H,45,46)/t28-,29+,35+/m1/s1. The number of rotatable bonds is 8. The van der Waals surface area contributed by atoms with Gasteiger partial charge in [-0.2, -0.15) is 0 Å². The molecular weight excluding hydrogens is 674 g/mol. The number of carboxylic acid groups (broad SMARTS) is 1. The second-order valence-corrected chi connectivity index (χ2v) is 13.5. The molecule has 2 fully saturated rings. The van der Waals surface area contributed by atoms with Crippen LogP contribution >= 0.6 is 23.2 Å². The van der Waals surface area contributed by atoms with Gasteiger partial charge in [0.1, 0.15) is 23.0 Å². The summed E-state index contributed by atoms with van der Waals surface area (Å²) in [5, 5.41) is 10.4. The van der Waals surface area contributed by atoms with Crippen LogP contribution in [0.25, 0.3) is 11.0 Å². The minimum absolute atomic E-state index is 0.00315. The van der Waals surface area contributed by atoms with Gasteiger partial charge in [-0.15, -0.1) is 0 Å². The van der Waals surface area contributed by atoms with Gasteiger partial charge in [-0.1, -0.05) is 29.3 Å². The number of nitrogens with zero attached hydrogens (tertiary/aromatic N) is 6.